The zero-order valence-electron chi connectivity index (χ0n) is 13.1. The van der Waals surface area contributed by atoms with Gasteiger partial charge in [0.15, 0.2) is 0 Å². The van der Waals surface area contributed by atoms with E-state index in [0.717, 1.165) is 11.1 Å². The van der Waals surface area contributed by atoms with E-state index in [1.54, 1.807) is 41.8 Å². The van der Waals surface area contributed by atoms with Gasteiger partial charge in [-0.05, 0) is 48.7 Å². The van der Waals surface area contributed by atoms with Crippen molar-refractivity contribution < 1.29 is 9.59 Å². The molecule has 23 heavy (non-hydrogen) atoms. The standard InChI is InChI=1S/C17H20N4O2/c1-2-21(12-7-14-3-8-18-9-4-14)17(23)16(22)20-13-15-5-10-19-11-6-15/h3-6,8-11H,2,7,12-13H2,1H3,(H,20,22). The Morgan fingerprint density at radius 1 is 1.00 bits per heavy atom. The van der Waals surface area contributed by atoms with Gasteiger partial charge in [0.25, 0.3) is 0 Å². The predicted octanol–water partition coefficient (Wildman–Crippen LogP) is 1.18. The van der Waals surface area contributed by atoms with Crippen LogP contribution >= 0.6 is 0 Å². The van der Waals surface area contributed by atoms with E-state index in [9.17, 15) is 9.59 Å². The van der Waals surface area contributed by atoms with Crippen molar-refractivity contribution in [3.05, 3.63) is 60.2 Å². The van der Waals surface area contributed by atoms with Crippen molar-refractivity contribution in [2.75, 3.05) is 13.1 Å². The molecule has 0 fully saturated rings. The van der Waals surface area contributed by atoms with Gasteiger partial charge in [-0.2, -0.15) is 0 Å². The van der Waals surface area contributed by atoms with E-state index in [1.165, 1.54) is 0 Å². The molecule has 2 amide bonds. The summed E-state index contributed by atoms with van der Waals surface area (Å²) in [6.45, 7) is 3.17. The van der Waals surface area contributed by atoms with Crippen LogP contribution < -0.4 is 5.32 Å². The molecule has 6 heteroatoms. The molecule has 2 rings (SSSR count). The smallest absolute Gasteiger partial charge is 0.311 e. The summed E-state index contributed by atoms with van der Waals surface area (Å²) < 4.78 is 0. The largest absolute Gasteiger partial charge is 0.344 e. The maximum atomic E-state index is 12.2. The summed E-state index contributed by atoms with van der Waals surface area (Å²) in [5.41, 5.74) is 1.99. The third-order valence-electron chi connectivity index (χ3n) is 3.49. The number of aromatic nitrogens is 2. The molecular weight excluding hydrogens is 292 g/mol. The third kappa shape index (κ3) is 5.18. The molecule has 0 spiro atoms. The molecule has 120 valence electrons. The Hall–Kier alpha value is -2.76. The van der Waals surface area contributed by atoms with Crippen LogP contribution in [0, 0.1) is 0 Å². The fourth-order valence-electron chi connectivity index (χ4n) is 2.12. The van der Waals surface area contributed by atoms with Crippen LogP contribution in [-0.2, 0) is 22.6 Å². The summed E-state index contributed by atoms with van der Waals surface area (Å²) >= 11 is 0. The monoisotopic (exact) mass is 312 g/mol. The number of carbonyl (C=O) groups excluding carboxylic acids is 2. The number of hydrogen-bond donors (Lipinski definition) is 1. The first-order valence-corrected chi connectivity index (χ1v) is 7.55. The minimum atomic E-state index is -0.585. The zero-order chi connectivity index (χ0) is 16.5. The molecule has 0 aliphatic heterocycles. The third-order valence-corrected chi connectivity index (χ3v) is 3.49. The highest BCUT2D eigenvalue weighted by Gasteiger charge is 2.19. The van der Waals surface area contributed by atoms with Gasteiger partial charge in [0.2, 0.25) is 0 Å². The number of nitrogens with zero attached hydrogens (tertiary/aromatic N) is 3. The molecule has 0 radical (unpaired) electrons. The summed E-state index contributed by atoms with van der Waals surface area (Å²) in [7, 11) is 0. The van der Waals surface area contributed by atoms with Crippen LogP contribution in [0.4, 0.5) is 0 Å². The van der Waals surface area contributed by atoms with E-state index in [2.05, 4.69) is 15.3 Å². The summed E-state index contributed by atoms with van der Waals surface area (Å²) in [4.78, 5) is 33.6. The maximum absolute atomic E-state index is 12.2. The minimum absolute atomic E-state index is 0.314. The van der Waals surface area contributed by atoms with E-state index >= 15 is 0 Å². The summed E-state index contributed by atoms with van der Waals surface area (Å²) in [5, 5.41) is 2.64. The number of amides is 2. The van der Waals surface area contributed by atoms with Gasteiger partial charge < -0.3 is 10.2 Å². The molecule has 2 aromatic heterocycles. The van der Waals surface area contributed by atoms with E-state index in [-0.39, 0.29) is 0 Å². The molecule has 0 saturated carbocycles. The van der Waals surface area contributed by atoms with Crippen LogP contribution in [0.25, 0.3) is 0 Å². The second kappa shape index (κ2) is 8.63. The molecule has 0 atom stereocenters. The van der Waals surface area contributed by atoms with Crippen molar-refractivity contribution in [1.29, 1.82) is 0 Å². The van der Waals surface area contributed by atoms with Crippen LogP contribution in [0.2, 0.25) is 0 Å². The molecule has 0 aliphatic rings. The Bertz CT molecular complexity index is 632. The van der Waals surface area contributed by atoms with E-state index < -0.39 is 11.8 Å². The van der Waals surface area contributed by atoms with Gasteiger partial charge in [-0.25, -0.2) is 0 Å². The average Bonchev–Trinajstić information content (AvgIpc) is 2.61. The molecule has 0 bridgehead atoms. The van der Waals surface area contributed by atoms with Crippen molar-refractivity contribution in [2.45, 2.75) is 19.9 Å². The lowest BCUT2D eigenvalue weighted by atomic mass is 10.2. The molecule has 0 aromatic carbocycles. The number of nitrogens with one attached hydrogen (secondary N) is 1. The lowest BCUT2D eigenvalue weighted by molar-refractivity contribution is -0.145. The second-order valence-corrected chi connectivity index (χ2v) is 5.03. The summed E-state index contributed by atoms with van der Waals surface area (Å²) in [6, 6.07) is 7.40. The zero-order valence-corrected chi connectivity index (χ0v) is 13.1. The summed E-state index contributed by atoms with van der Waals surface area (Å²) in [5.74, 6) is -1.09. The average molecular weight is 312 g/mol. The topological polar surface area (TPSA) is 75.2 Å². The van der Waals surface area contributed by atoms with Crippen molar-refractivity contribution in [1.82, 2.24) is 20.2 Å². The summed E-state index contributed by atoms with van der Waals surface area (Å²) in [6.07, 6.45) is 7.43. The van der Waals surface area contributed by atoms with Gasteiger partial charge in [0, 0.05) is 44.4 Å². The fourth-order valence-corrected chi connectivity index (χ4v) is 2.12. The Morgan fingerprint density at radius 2 is 1.57 bits per heavy atom. The Labute approximate surface area is 135 Å². The molecule has 1 N–H and O–H groups in total. The first-order valence-electron chi connectivity index (χ1n) is 7.55. The van der Waals surface area contributed by atoms with Crippen molar-refractivity contribution in [2.24, 2.45) is 0 Å². The SMILES string of the molecule is CCN(CCc1ccncc1)C(=O)C(=O)NCc1ccncc1. The minimum Gasteiger partial charge on any atom is -0.344 e. The van der Waals surface area contributed by atoms with Gasteiger partial charge in [-0.3, -0.25) is 19.6 Å². The molecule has 0 unspecified atom stereocenters. The quantitative estimate of drug-likeness (QED) is 0.813. The van der Waals surface area contributed by atoms with Crippen LogP contribution in [0.3, 0.4) is 0 Å². The van der Waals surface area contributed by atoms with Crippen molar-refractivity contribution in [3.8, 4) is 0 Å². The Kier molecular flexibility index (Phi) is 6.23. The Morgan fingerprint density at radius 3 is 2.13 bits per heavy atom. The molecule has 6 nitrogen and oxygen atoms in total. The predicted molar refractivity (Wildman–Crippen MR) is 86.3 cm³/mol. The maximum Gasteiger partial charge on any atom is 0.311 e. The molecule has 0 saturated heterocycles. The van der Waals surface area contributed by atoms with Gasteiger partial charge in [0.1, 0.15) is 0 Å². The lowest BCUT2D eigenvalue weighted by Crippen LogP contribution is -2.43. The van der Waals surface area contributed by atoms with E-state index in [4.69, 9.17) is 0 Å². The molecule has 2 aromatic rings. The number of pyridine rings is 2. The highest BCUT2D eigenvalue weighted by molar-refractivity contribution is 6.34. The van der Waals surface area contributed by atoms with Crippen LogP contribution in [0.15, 0.2) is 49.1 Å². The Balaban J connectivity index is 1.84. The number of likely N-dealkylation sites (N-methyl/N-ethyl adjacent to an activating group) is 1. The van der Waals surface area contributed by atoms with Crippen LogP contribution in [0.5, 0.6) is 0 Å². The lowest BCUT2D eigenvalue weighted by Gasteiger charge is -2.20. The highest BCUT2D eigenvalue weighted by Crippen LogP contribution is 2.01. The molecule has 0 aliphatic carbocycles. The molecular formula is C17H20N4O2. The van der Waals surface area contributed by atoms with Crippen LogP contribution in [-0.4, -0.2) is 39.8 Å². The van der Waals surface area contributed by atoms with Crippen molar-refractivity contribution in [3.63, 3.8) is 0 Å². The number of hydrogen-bond acceptors (Lipinski definition) is 4. The van der Waals surface area contributed by atoms with E-state index in [0.29, 0.717) is 26.1 Å². The van der Waals surface area contributed by atoms with Gasteiger partial charge in [0.05, 0.1) is 0 Å². The number of rotatable bonds is 6. The normalized spacial score (nSPS) is 10.1. The van der Waals surface area contributed by atoms with Gasteiger partial charge >= 0.3 is 11.8 Å². The first-order chi connectivity index (χ1) is 11.2. The highest BCUT2D eigenvalue weighted by atomic mass is 16.2. The second-order valence-electron chi connectivity index (χ2n) is 5.03. The number of carbonyl (C=O) groups is 2. The first kappa shape index (κ1) is 16.6. The fraction of sp³-hybridized carbons (Fsp3) is 0.294. The van der Waals surface area contributed by atoms with Crippen LogP contribution in [0.1, 0.15) is 18.1 Å². The van der Waals surface area contributed by atoms with Crippen molar-refractivity contribution >= 4 is 11.8 Å². The van der Waals surface area contributed by atoms with Gasteiger partial charge in [-0.1, -0.05) is 0 Å². The van der Waals surface area contributed by atoms with Gasteiger partial charge in [-0.15, -0.1) is 0 Å². The molecule has 2 heterocycles. The van der Waals surface area contributed by atoms with E-state index in [1.807, 2.05) is 19.1 Å².